The number of anilines is 1. The number of rotatable bonds is 4. The summed E-state index contributed by atoms with van der Waals surface area (Å²) in [7, 11) is 1.33. The van der Waals surface area contributed by atoms with E-state index in [9.17, 15) is 14.4 Å². The van der Waals surface area contributed by atoms with Crippen LogP contribution in [-0.2, 0) is 9.53 Å². The molecule has 1 aromatic heterocycles. The van der Waals surface area contributed by atoms with E-state index in [4.69, 9.17) is 20.8 Å². The number of imide groups is 1. The van der Waals surface area contributed by atoms with Crippen LogP contribution in [0.3, 0.4) is 0 Å². The Morgan fingerprint density at radius 2 is 1.84 bits per heavy atom. The molecule has 1 fully saturated rings. The molecule has 0 radical (unpaired) electrons. The van der Waals surface area contributed by atoms with E-state index in [-0.39, 0.29) is 4.91 Å². The fourth-order valence-corrected chi connectivity index (χ4v) is 4.17. The third-order valence-corrected chi connectivity index (χ3v) is 5.90. The molecule has 2 aromatic carbocycles. The van der Waals surface area contributed by atoms with Crippen LogP contribution < -0.4 is 4.90 Å². The zero-order valence-corrected chi connectivity index (χ0v) is 18.1. The molecule has 6 nitrogen and oxygen atoms in total. The van der Waals surface area contributed by atoms with E-state index in [2.05, 4.69) is 0 Å². The predicted octanol–water partition coefficient (Wildman–Crippen LogP) is 5.94. The lowest BCUT2D eigenvalue weighted by atomic mass is 10.0. The lowest BCUT2D eigenvalue weighted by Gasteiger charge is -2.11. The summed E-state index contributed by atoms with van der Waals surface area (Å²) in [5.41, 5.74) is 2.35. The van der Waals surface area contributed by atoms with Crippen molar-refractivity contribution in [1.29, 1.82) is 0 Å². The topological polar surface area (TPSA) is 76.8 Å². The zero-order chi connectivity index (χ0) is 22.1. The van der Waals surface area contributed by atoms with Gasteiger partial charge in [0.15, 0.2) is 0 Å². The molecule has 3 aromatic rings. The van der Waals surface area contributed by atoms with E-state index in [0.29, 0.717) is 27.8 Å². The predicted molar refractivity (Wildman–Crippen MR) is 120 cm³/mol. The Labute approximate surface area is 187 Å². The van der Waals surface area contributed by atoms with Gasteiger partial charge in [0.1, 0.15) is 11.5 Å². The quantitative estimate of drug-likeness (QED) is 0.359. The summed E-state index contributed by atoms with van der Waals surface area (Å²) < 4.78 is 10.7. The average Bonchev–Trinajstić information content (AvgIpc) is 3.33. The summed E-state index contributed by atoms with van der Waals surface area (Å²) in [5, 5.41) is 0.118. The molecular formula is C23H16ClNO5S. The highest BCUT2D eigenvalue weighted by atomic mass is 35.5. The molecule has 1 saturated heterocycles. The second kappa shape index (κ2) is 8.45. The molecule has 156 valence electrons. The molecule has 1 aliphatic heterocycles. The number of thioether (sulfide) groups is 1. The summed E-state index contributed by atoms with van der Waals surface area (Å²) in [5.74, 6) is 0.0899. The molecule has 0 aliphatic carbocycles. The number of amides is 2. The second-order valence-corrected chi connectivity index (χ2v) is 8.09. The minimum Gasteiger partial charge on any atom is -0.465 e. The van der Waals surface area contributed by atoms with E-state index < -0.39 is 17.1 Å². The molecule has 0 spiro atoms. The Morgan fingerprint density at radius 1 is 1.10 bits per heavy atom. The van der Waals surface area contributed by atoms with Crippen LogP contribution in [-0.4, -0.2) is 24.2 Å². The van der Waals surface area contributed by atoms with Gasteiger partial charge in [-0.2, -0.15) is 0 Å². The lowest BCUT2D eigenvalue weighted by Crippen LogP contribution is -2.27. The second-order valence-electron chi connectivity index (χ2n) is 6.67. The number of benzene rings is 2. The fourth-order valence-electron chi connectivity index (χ4n) is 3.22. The number of halogens is 1. The van der Waals surface area contributed by atoms with E-state index in [1.54, 1.807) is 55.5 Å². The molecule has 0 bridgehead atoms. The van der Waals surface area contributed by atoms with Crippen LogP contribution in [0, 0.1) is 6.92 Å². The van der Waals surface area contributed by atoms with Gasteiger partial charge in [-0.1, -0.05) is 23.7 Å². The molecule has 1 aliphatic rings. The van der Waals surface area contributed by atoms with Gasteiger partial charge < -0.3 is 9.15 Å². The molecule has 0 N–H and O–H groups in total. The average molecular weight is 454 g/mol. The number of nitrogens with zero attached hydrogens (tertiary/aromatic N) is 1. The maximum atomic E-state index is 12.8. The normalized spacial score (nSPS) is 15.1. The SMILES string of the molecule is COC(=O)c1cccc(-c2ccc(/C=C3/SC(=O)N(c4ccc(Cl)cc4)C3=O)o2)c1C. The summed E-state index contributed by atoms with van der Waals surface area (Å²) in [6.45, 7) is 1.81. The number of methoxy groups -OCH3 is 1. The van der Waals surface area contributed by atoms with Gasteiger partial charge in [0, 0.05) is 16.7 Å². The van der Waals surface area contributed by atoms with Crippen molar-refractivity contribution in [2.24, 2.45) is 0 Å². The van der Waals surface area contributed by atoms with Crippen LogP contribution in [0.2, 0.25) is 5.02 Å². The first-order valence-corrected chi connectivity index (χ1v) is 10.4. The number of ether oxygens (including phenoxy) is 1. The molecule has 4 rings (SSSR count). The number of hydrogen-bond acceptors (Lipinski definition) is 6. The molecule has 2 amide bonds. The van der Waals surface area contributed by atoms with Crippen LogP contribution in [0.1, 0.15) is 21.7 Å². The van der Waals surface area contributed by atoms with Gasteiger partial charge in [-0.3, -0.25) is 9.59 Å². The number of hydrogen-bond donors (Lipinski definition) is 0. The van der Waals surface area contributed by atoms with Gasteiger partial charge in [0.05, 0.1) is 23.3 Å². The first-order chi connectivity index (χ1) is 14.9. The Kier molecular flexibility index (Phi) is 5.71. The van der Waals surface area contributed by atoms with Crippen LogP contribution >= 0.6 is 23.4 Å². The van der Waals surface area contributed by atoms with Gasteiger partial charge in [0.25, 0.3) is 11.1 Å². The summed E-state index contributed by atoms with van der Waals surface area (Å²) in [6, 6.07) is 15.2. The summed E-state index contributed by atoms with van der Waals surface area (Å²) in [6.07, 6.45) is 1.53. The highest BCUT2D eigenvalue weighted by molar-refractivity contribution is 8.19. The minimum absolute atomic E-state index is 0.251. The number of carbonyl (C=O) groups is 3. The number of esters is 1. The first-order valence-electron chi connectivity index (χ1n) is 9.20. The van der Waals surface area contributed by atoms with Crippen molar-refractivity contribution in [3.05, 3.63) is 81.4 Å². The highest BCUT2D eigenvalue weighted by Gasteiger charge is 2.36. The van der Waals surface area contributed by atoms with E-state index in [1.807, 2.05) is 6.07 Å². The van der Waals surface area contributed by atoms with Crippen LogP contribution in [0.5, 0.6) is 0 Å². The third kappa shape index (κ3) is 4.02. The molecule has 2 heterocycles. The van der Waals surface area contributed by atoms with Crippen molar-refractivity contribution in [3.63, 3.8) is 0 Å². The van der Waals surface area contributed by atoms with E-state index >= 15 is 0 Å². The van der Waals surface area contributed by atoms with Crippen molar-refractivity contribution in [2.75, 3.05) is 12.0 Å². The Balaban J connectivity index is 1.62. The van der Waals surface area contributed by atoms with Gasteiger partial charge in [-0.05, 0) is 66.7 Å². The van der Waals surface area contributed by atoms with E-state index in [1.165, 1.54) is 13.2 Å². The maximum absolute atomic E-state index is 12.8. The smallest absolute Gasteiger partial charge is 0.338 e. The van der Waals surface area contributed by atoms with Crippen LogP contribution in [0.25, 0.3) is 17.4 Å². The molecule has 0 unspecified atom stereocenters. The van der Waals surface area contributed by atoms with Gasteiger partial charge in [-0.15, -0.1) is 0 Å². The van der Waals surface area contributed by atoms with Crippen molar-refractivity contribution < 1.29 is 23.5 Å². The molecule has 8 heteroatoms. The van der Waals surface area contributed by atoms with E-state index in [0.717, 1.165) is 27.8 Å². The lowest BCUT2D eigenvalue weighted by molar-refractivity contribution is -0.113. The largest absolute Gasteiger partial charge is 0.465 e. The van der Waals surface area contributed by atoms with Crippen LogP contribution in [0.15, 0.2) is 63.9 Å². The van der Waals surface area contributed by atoms with Gasteiger partial charge in [0.2, 0.25) is 0 Å². The molecule has 0 atom stereocenters. The van der Waals surface area contributed by atoms with Crippen molar-refractivity contribution in [3.8, 4) is 11.3 Å². The fraction of sp³-hybridized carbons (Fsp3) is 0.0870. The number of furan rings is 1. The summed E-state index contributed by atoms with van der Waals surface area (Å²) in [4.78, 5) is 38.5. The van der Waals surface area contributed by atoms with Gasteiger partial charge >= 0.3 is 5.97 Å². The highest BCUT2D eigenvalue weighted by Crippen LogP contribution is 2.37. The van der Waals surface area contributed by atoms with Crippen molar-refractivity contribution >= 4 is 52.2 Å². The monoisotopic (exact) mass is 453 g/mol. The Bertz CT molecular complexity index is 1230. The molecular weight excluding hydrogens is 438 g/mol. The number of carbonyl (C=O) groups excluding carboxylic acids is 3. The molecule has 0 saturated carbocycles. The maximum Gasteiger partial charge on any atom is 0.338 e. The van der Waals surface area contributed by atoms with Crippen molar-refractivity contribution in [1.82, 2.24) is 0 Å². The summed E-state index contributed by atoms with van der Waals surface area (Å²) >= 11 is 6.72. The minimum atomic E-state index is -0.431. The zero-order valence-electron chi connectivity index (χ0n) is 16.5. The molecule has 31 heavy (non-hydrogen) atoms. The standard InChI is InChI=1S/C23H16ClNO5S/c1-13-17(4-3-5-18(13)22(27)29-2)19-11-10-16(30-19)12-20-21(26)25(23(28)31-20)15-8-6-14(24)7-9-15/h3-12H,1-2H3/b20-12+. The van der Waals surface area contributed by atoms with Crippen molar-refractivity contribution in [2.45, 2.75) is 6.92 Å². The first kappa shape index (κ1) is 21.0. The Morgan fingerprint density at radius 3 is 2.55 bits per heavy atom. The third-order valence-electron chi connectivity index (χ3n) is 4.78. The van der Waals surface area contributed by atoms with Crippen LogP contribution in [0.4, 0.5) is 10.5 Å². The van der Waals surface area contributed by atoms with Gasteiger partial charge in [-0.25, -0.2) is 9.69 Å². The Hall–Kier alpha value is -3.29.